The average molecular weight is 249 g/mol. The van der Waals surface area contributed by atoms with Crippen LogP contribution in [0, 0.1) is 0 Å². The molecule has 0 radical (unpaired) electrons. The van der Waals surface area contributed by atoms with E-state index in [0.717, 1.165) is 44.8 Å². The van der Waals surface area contributed by atoms with E-state index in [-0.39, 0.29) is 0 Å². The van der Waals surface area contributed by atoms with Crippen LogP contribution in [0.2, 0.25) is 0 Å². The first-order valence-electron chi connectivity index (χ1n) is 6.75. The molecule has 1 N–H and O–H groups in total. The standard InChI is InChI=1S/C14H23N3O/c1-3-15-14-5-4-12(10-16-14)11-17-8-6-13(18-2)7-9-17/h4-5,10,13H,3,6-9,11H2,1-2H3,(H,15,16). The molecule has 2 rings (SSSR count). The molecule has 0 atom stereocenters. The lowest BCUT2D eigenvalue weighted by molar-refractivity contribution is 0.0388. The Morgan fingerprint density at radius 1 is 1.39 bits per heavy atom. The molecular weight excluding hydrogens is 226 g/mol. The van der Waals surface area contributed by atoms with E-state index in [9.17, 15) is 0 Å². The largest absolute Gasteiger partial charge is 0.381 e. The van der Waals surface area contributed by atoms with Gasteiger partial charge in [-0.2, -0.15) is 0 Å². The van der Waals surface area contributed by atoms with Crippen molar-refractivity contribution in [3.8, 4) is 0 Å². The summed E-state index contributed by atoms with van der Waals surface area (Å²) in [6, 6.07) is 4.22. The van der Waals surface area contributed by atoms with Crippen molar-refractivity contribution in [1.29, 1.82) is 0 Å². The maximum absolute atomic E-state index is 5.39. The van der Waals surface area contributed by atoms with Crippen molar-refractivity contribution in [2.75, 3.05) is 32.1 Å². The Morgan fingerprint density at radius 3 is 2.72 bits per heavy atom. The third kappa shape index (κ3) is 3.68. The van der Waals surface area contributed by atoms with E-state index in [2.05, 4.69) is 34.3 Å². The van der Waals surface area contributed by atoms with Gasteiger partial charge in [0.1, 0.15) is 5.82 Å². The molecule has 1 fully saturated rings. The van der Waals surface area contributed by atoms with Crippen LogP contribution in [0.3, 0.4) is 0 Å². The molecule has 1 aromatic rings. The second-order valence-corrected chi connectivity index (χ2v) is 4.79. The molecule has 0 aromatic carbocycles. The van der Waals surface area contributed by atoms with Crippen molar-refractivity contribution in [3.05, 3.63) is 23.9 Å². The van der Waals surface area contributed by atoms with Gasteiger partial charge in [-0.15, -0.1) is 0 Å². The van der Waals surface area contributed by atoms with E-state index in [1.807, 2.05) is 13.3 Å². The van der Waals surface area contributed by atoms with Gasteiger partial charge in [0.15, 0.2) is 0 Å². The van der Waals surface area contributed by atoms with Gasteiger partial charge in [0.05, 0.1) is 6.10 Å². The minimum Gasteiger partial charge on any atom is -0.381 e. The molecule has 100 valence electrons. The normalized spacial score (nSPS) is 17.9. The van der Waals surface area contributed by atoms with Gasteiger partial charge in [-0.25, -0.2) is 4.98 Å². The van der Waals surface area contributed by atoms with Crippen LogP contribution in [0.5, 0.6) is 0 Å². The summed E-state index contributed by atoms with van der Waals surface area (Å²) in [4.78, 5) is 6.87. The molecule has 0 bridgehead atoms. The molecule has 1 aliphatic rings. The summed E-state index contributed by atoms with van der Waals surface area (Å²) in [5.41, 5.74) is 1.28. The molecule has 18 heavy (non-hydrogen) atoms. The second kappa shape index (κ2) is 6.71. The van der Waals surface area contributed by atoms with Crippen LogP contribution in [0.25, 0.3) is 0 Å². The Balaban J connectivity index is 1.82. The number of nitrogens with one attached hydrogen (secondary N) is 1. The van der Waals surface area contributed by atoms with Gasteiger partial charge in [0, 0.05) is 39.5 Å². The molecule has 4 nitrogen and oxygen atoms in total. The van der Waals surface area contributed by atoms with Crippen LogP contribution >= 0.6 is 0 Å². The van der Waals surface area contributed by atoms with Crippen molar-refractivity contribution in [2.24, 2.45) is 0 Å². The molecule has 1 aromatic heterocycles. The number of anilines is 1. The fraction of sp³-hybridized carbons (Fsp3) is 0.643. The molecule has 0 saturated carbocycles. The van der Waals surface area contributed by atoms with Gasteiger partial charge in [-0.3, -0.25) is 4.90 Å². The number of piperidine rings is 1. The van der Waals surface area contributed by atoms with E-state index in [1.165, 1.54) is 5.56 Å². The summed E-state index contributed by atoms with van der Waals surface area (Å²) in [6.07, 6.45) is 4.70. The highest BCUT2D eigenvalue weighted by molar-refractivity contribution is 5.35. The summed E-state index contributed by atoms with van der Waals surface area (Å²) in [5, 5.41) is 3.21. The molecule has 0 unspecified atom stereocenters. The second-order valence-electron chi connectivity index (χ2n) is 4.79. The van der Waals surface area contributed by atoms with Crippen molar-refractivity contribution < 1.29 is 4.74 Å². The quantitative estimate of drug-likeness (QED) is 0.867. The summed E-state index contributed by atoms with van der Waals surface area (Å²) in [7, 11) is 1.81. The van der Waals surface area contributed by atoms with Crippen molar-refractivity contribution in [2.45, 2.75) is 32.4 Å². The third-order valence-electron chi connectivity index (χ3n) is 3.46. The van der Waals surface area contributed by atoms with Gasteiger partial charge >= 0.3 is 0 Å². The van der Waals surface area contributed by atoms with Crippen molar-refractivity contribution >= 4 is 5.82 Å². The maximum atomic E-state index is 5.39. The number of pyridine rings is 1. The maximum Gasteiger partial charge on any atom is 0.125 e. The highest BCUT2D eigenvalue weighted by Crippen LogP contribution is 2.15. The first kappa shape index (κ1) is 13.3. The van der Waals surface area contributed by atoms with Gasteiger partial charge < -0.3 is 10.1 Å². The number of likely N-dealkylation sites (tertiary alicyclic amines) is 1. The van der Waals surface area contributed by atoms with Gasteiger partial charge in [0.25, 0.3) is 0 Å². The highest BCUT2D eigenvalue weighted by Gasteiger charge is 2.18. The van der Waals surface area contributed by atoms with Crippen LogP contribution in [0.15, 0.2) is 18.3 Å². The number of hydrogen-bond acceptors (Lipinski definition) is 4. The third-order valence-corrected chi connectivity index (χ3v) is 3.46. The topological polar surface area (TPSA) is 37.4 Å². The predicted molar refractivity (Wildman–Crippen MR) is 73.7 cm³/mol. The van der Waals surface area contributed by atoms with E-state index in [4.69, 9.17) is 4.74 Å². The molecule has 0 spiro atoms. The predicted octanol–water partition coefficient (Wildman–Crippen LogP) is 2.12. The Kier molecular flexibility index (Phi) is 4.96. The van der Waals surface area contributed by atoms with E-state index < -0.39 is 0 Å². The fourth-order valence-corrected chi connectivity index (χ4v) is 2.36. The minimum atomic E-state index is 0.454. The SMILES string of the molecule is CCNc1ccc(CN2CCC(OC)CC2)cn1. The number of hydrogen-bond donors (Lipinski definition) is 1. The summed E-state index contributed by atoms with van der Waals surface area (Å²) < 4.78 is 5.39. The number of ether oxygens (including phenoxy) is 1. The average Bonchev–Trinajstić information content (AvgIpc) is 2.42. The van der Waals surface area contributed by atoms with Crippen molar-refractivity contribution in [1.82, 2.24) is 9.88 Å². The smallest absolute Gasteiger partial charge is 0.125 e. The van der Waals surface area contributed by atoms with Gasteiger partial charge in [-0.05, 0) is 31.4 Å². The molecule has 1 saturated heterocycles. The van der Waals surface area contributed by atoms with Crippen LogP contribution in [-0.4, -0.2) is 42.7 Å². The lowest BCUT2D eigenvalue weighted by atomic mass is 10.1. The monoisotopic (exact) mass is 249 g/mol. The van der Waals surface area contributed by atoms with Gasteiger partial charge in [0.2, 0.25) is 0 Å². The molecule has 0 aliphatic carbocycles. The molecular formula is C14H23N3O. The Hall–Kier alpha value is -1.13. The van der Waals surface area contributed by atoms with E-state index >= 15 is 0 Å². The first-order valence-corrected chi connectivity index (χ1v) is 6.75. The Labute approximate surface area is 109 Å². The Morgan fingerprint density at radius 2 is 2.17 bits per heavy atom. The lowest BCUT2D eigenvalue weighted by Crippen LogP contribution is -2.36. The van der Waals surface area contributed by atoms with Crippen molar-refractivity contribution in [3.63, 3.8) is 0 Å². The zero-order valence-corrected chi connectivity index (χ0v) is 11.4. The van der Waals surface area contributed by atoms with Gasteiger partial charge in [-0.1, -0.05) is 6.07 Å². The van der Waals surface area contributed by atoms with Crippen LogP contribution < -0.4 is 5.32 Å². The Bertz CT molecular complexity index is 345. The minimum absolute atomic E-state index is 0.454. The lowest BCUT2D eigenvalue weighted by Gasteiger charge is -2.31. The zero-order chi connectivity index (χ0) is 12.8. The fourth-order valence-electron chi connectivity index (χ4n) is 2.36. The zero-order valence-electron chi connectivity index (χ0n) is 11.4. The number of nitrogens with zero attached hydrogens (tertiary/aromatic N) is 2. The summed E-state index contributed by atoms with van der Waals surface area (Å²) in [6.45, 7) is 6.23. The molecule has 2 heterocycles. The van der Waals surface area contributed by atoms with E-state index in [0.29, 0.717) is 6.10 Å². The number of methoxy groups -OCH3 is 1. The molecule has 4 heteroatoms. The van der Waals surface area contributed by atoms with Crippen LogP contribution in [-0.2, 0) is 11.3 Å². The molecule has 0 amide bonds. The van der Waals surface area contributed by atoms with Crippen LogP contribution in [0.4, 0.5) is 5.82 Å². The number of rotatable bonds is 5. The molecule has 1 aliphatic heterocycles. The first-order chi connectivity index (χ1) is 8.81. The van der Waals surface area contributed by atoms with E-state index in [1.54, 1.807) is 0 Å². The summed E-state index contributed by atoms with van der Waals surface area (Å²) in [5.74, 6) is 0.958. The van der Waals surface area contributed by atoms with Crippen LogP contribution in [0.1, 0.15) is 25.3 Å². The highest BCUT2D eigenvalue weighted by atomic mass is 16.5. The number of aromatic nitrogens is 1. The summed E-state index contributed by atoms with van der Waals surface area (Å²) >= 11 is 0.